The summed E-state index contributed by atoms with van der Waals surface area (Å²) in [4.78, 5) is 6.05. The van der Waals surface area contributed by atoms with Crippen LogP contribution in [0.2, 0.25) is 0 Å². The number of hydrazine groups is 1. The van der Waals surface area contributed by atoms with E-state index in [4.69, 9.17) is 10.6 Å². The highest BCUT2D eigenvalue weighted by Gasteiger charge is 2.06. The van der Waals surface area contributed by atoms with Gasteiger partial charge in [0.15, 0.2) is 0 Å². The molecular formula is C12H19FN4O. The zero-order valence-electron chi connectivity index (χ0n) is 10.7. The lowest BCUT2D eigenvalue weighted by Gasteiger charge is -2.20. The van der Waals surface area contributed by atoms with Crippen molar-refractivity contribution in [2.45, 2.75) is 6.54 Å². The molecule has 0 amide bonds. The molecule has 6 heteroatoms. The number of guanidine groups is 1. The molecule has 0 radical (unpaired) electrons. The molecule has 1 aromatic carbocycles. The molecule has 0 fully saturated rings. The Kier molecular flexibility index (Phi) is 6.10. The lowest BCUT2D eigenvalue weighted by Crippen LogP contribution is -2.42. The van der Waals surface area contributed by atoms with Crippen molar-refractivity contribution in [2.24, 2.45) is 10.8 Å². The summed E-state index contributed by atoms with van der Waals surface area (Å²) >= 11 is 0. The summed E-state index contributed by atoms with van der Waals surface area (Å²) in [6.07, 6.45) is 0. The molecule has 3 N–H and O–H groups in total. The Labute approximate surface area is 106 Å². The summed E-state index contributed by atoms with van der Waals surface area (Å²) in [6, 6.07) is 6.43. The lowest BCUT2D eigenvalue weighted by atomic mass is 10.2. The summed E-state index contributed by atoms with van der Waals surface area (Å²) in [5.41, 5.74) is 3.38. The summed E-state index contributed by atoms with van der Waals surface area (Å²) < 4.78 is 18.0. The Balaban J connectivity index is 2.61. The number of methoxy groups -OCH3 is 1. The number of halogens is 1. The van der Waals surface area contributed by atoms with Crippen molar-refractivity contribution in [3.63, 3.8) is 0 Å². The van der Waals surface area contributed by atoms with Crippen LogP contribution < -0.4 is 11.3 Å². The summed E-state index contributed by atoms with van der Waals surface area (Å²) in [5, 5.41) is 0. The van der Waals surface area contributed by atoms with E-state index in [-0.39, 0.29) is 5.82 Å². The molecule has 0 aromatic heterocycles. The average Bonchev–Trinajstić information content (AvgIpc) is 2.34. The first-order valence-corrected chi connectivity index (χ1v) is 5.63. The fourth-order valence-corrected chi connectivity index (χ4v) is 1.50. The van der Waals surface area contributed by atoms with E-state index in [0.717, 1.165) is 5.56 Å². The first kappa shape index (κ1) is 14.4. The summed E-state index contributed by atoms with van der Waals surface area (Å²) in [5.74, 6) is 5.69. The number of ether oxygens (including phenoxy) is 1. The number of rotatable bonds is 5. The van der Waals surface area contributed by atoms with Gasteiger partial charge >= 0.3 is 0 Å². The van der Waals surface area contributed by atoms with Gasteiger partial charge in [0.25, 0.3) is 0 Å². The normalized spacial score (nSPS) is 11.4. The molecule has 0 saturated carbocycles. The van der Waals surface area contributed by atoms with Crippen molar-refractivity contribution in [3.8, 4) is 0 Å². The topological polar surface area (TPSA) is 62.9 Å². The summed E-state index contributed by atoms with van der Waals surface area (Å²) in [7, 11) is 3.44. The van der Waals surface area contributed by atoms with Gasteiger partial charge < -0.3 is 9.64 Å². The highest BCUT2D eigenvalue weighted by Crippen LogP contribution is 2.06. The quantitative estimate of drug-likeness (QED) is 0.267. The molecule has 100 valence electrons. The van der Waals surface area contributed by atoms with Gasteiger partial charge in [-0.2, -0.15) is 0 Å². The third-order valence-electron chi connectivity index (χ3n) is 2.36. The van der Waals surface area contributed by atoms with Crippen molar-refractivity contribution >= 4 is 5.96 Å². The van der Waals surface area contributed by atoms with Crippen LogP contribution in [0.15, 0.2) is 29.3 Å². The van der Waals surface area contributed by atoms with Gasteiger partial charge in [0.1, 0.15) is 5.82 Å². The molecule has 0 aliphatic heterocycles. The first-order chi connectivity index (χ1) is 8.67. The van der Waals surface area contributed by atoms with Gasteiger partial charge in [0, 0.05) is 20.7 Å². The Morgan fingerprint density at radius 3 is 2.94 bits per heavy atom. The van der Waals surface area contributed by atoms with Crippen LogP contribution in [0.1, 0.15) is 5.56 Å². The van der Waals surface area contributed by atoms with Crippen LogP contribution in [0.5, 0.6) is 0 Å². The largest absolute Gasteiger partial charge is 0.383 e. The van der Waals surface area contributed by atoms with Crippen LogP contribution >= 0.6 is 0 Å². The average molecular weight is 254 g/mol. The Hall–Kier alpha value is -1.66. The molecule has 0 aliphatic carbocycles. The van der Waals surface area contributed by atoms with Gasteiger partial charge in [-0.15, -0.1) is 0 Å². The SMILES string of the molecule is COCCN=C(NN)N(C)Cc1cccc(F)c1. The fraction of sp³-hybridized carbons (Fsp3) is 0.417. The third kappa shape index (κ3) is 4.68. The van der Waals surface area contributed by atoms with Crippen LogP contribution in [0, 0.1) is 5.82 Å². The van der Waals surface area contributed by atoms with E-state index >= 15 is 0 Å². The highest BCUT2D eigenvalue weighted by atomic mass is 19.1. The maximum atomic E-state index is 13.0. The molecule has 0 atom stereocenters. The molecule has 0 spiro atoms. The number of aliphatic imine (C=N–C) groups is 1. The van der Waals surface area contributed by atoms with E-state index in [1.807, 2.05) is 18.0 Å². The second kappa shape index (κ2) is 7.62. The Bertz CT molecular complexity index is 397. The van der Waals surface area contributed by atoms with Crippen LogP contribution in [-0.4, -0.2) is 38.2 Å². The van der Waals surface area contributed by atoms with Crippen molar-refractivity contribution in [2.75, 3.05) is 27.3 Å². The predicted octanol–water partition coefficient (Wildman–Crippen LogP) is 0.723. The van der Waals surface area contributed by atoms with Gasteiger partial charge in [-0.1, -0.05) is 12.1 Å². The van der Waals surface area contributed by atoms with E-state index in [0.29, 0.717) is 25.7 Å². The molecule has 0 bridgehead atoms. The van der Waals surface area contributed by atoms with Crippen molar-refractivity contribution in [1.29, 1.82) is 0 Å². The van der Waals surface area contributed by atoms with Crippen LogP contribution in [0.4, 0.5) is 4.39 Å². The third-order valence-corrected chi connectivity index (χ3v) is 2.36. The maximum Gasteiger partial charge on any atom is 0.208 e. The van der Waals surface area contributed by atoms with Gasteiger partial charge in [-0.25, -0.2) is 15.2 Å². The van der Waals surface area contributed by atoms with Gasteiger partial charge in [-0.05, 0) is 17.7 Å². The molecule has 1 rings (SSSR count). The number of nitrogens with two attached hydrogens (primary N) is 1. The minimum Gasteiger partial charge on any atom is -0.383 e. The minimum absolute atomic E-state index is 0.250. The van der Waals surface area contributed by atoms with Crippen LogP contribution in [-0.2, 0) is 11.3 Å². The first-order valence-electron chi connectivity index (χ1n) is 5.63. The monoisotopic (exact) mass is 254 g/mol. The van der Waals surface area contributed by atoms with Crippen LogP contribution in [0.25, 0.3) is 0 Å². The van der Waals surface area contributed by atoms with E-state index in [1.54, 1.807) is 13.2 Å². The van der Waals surface area contributed by atoms with E-state index in [9.17, 15) is 4.39 Å². The molecule has 0 unspecified atom stereocenters. The highest BCUT2D eigenvalue weighted by molar-refractivity contribution is 5.79. The fourth-order valence-electron chi connectivity index (χ4n) is 1.50. The van der Waals surface area contributed by atoms with Gasteiger partial charge in [0.05, 0.1) is 13.2 Å². The molecule has 0 saturated heterocycles. The minimum atomic E-state index is -0.250. The molecule has 0 aliphatic rings. The van der Waals surface area contributed by atoms with Crippen molar-refractivity contribution in [1.82, 2.24) is 10.3 Å². The summed E-state index contributed by atoms with van der Waals surface area (Å²) in [6.45, 7) is 1.57. The number of benzene rings is 1. The van der Waals surface area contributed by atoms with E-state index in [2.05, 4.69) is 10.4 Å². The van der Waals surface area contributed by atoms with Gasteiger partial charge in [0.2, 0.25) is 5.96 Å². The maximum absolute atomic E-state index is 13.0. The Morgan fingerprint density at radius 2 is 2.33 bits per heavy atom. The predicted molar refractivity (Wildman–Crippen MR) is 69.4 cm³/mol. The smallest absolute Gasteiger partial charge is 0.208 e. The number of hydrogen-bond donors (Lipinski definition) is 2. The molecule has 0 heterocycles. The van der Waals surface area contributed by atoms with E-state index < -0.39 is 0 Å². The van der Waals surface area contributed by atoms with Crippen molar-refractivity contribution in [3.05, 3.63) is 35.6 Å². The second-order valence-electron chi connectivity index (χ2n) is 3.83. The zero-order chi connectivity index (χ0) is 13.4. The second-order valence-corrected chi connectivity index (χ2v) is 3.83. The molecule has 1 aromatic rings. The number of nitrogens with one attached hydrogen (secondary N) is 1. The number of nitrogens with zero attached hydrogens (tertiary/aromatic N) is 2. The zero-order valence-corrected chi connectivity index (χ0v) is 10.7. The molecular weight excluding hydrogens is 235 g/mol. The molecule has 18 heavy (non-hydrogen) atoms. The standard InChI is InChI=1S/C12H19FN4O/c1-17(12(16-14)15-6-7-18-2)9-10-4-3-5-11(13)8-10/h3-5,8H,6-7,9,14H2,1-2H3,(H,15,16). The van der Waals surface area contributed by atoms with Crippen LogP contribution in [0.3, 0.4) is 0 Å². The van der Waals surface area contributed by atoms with Crippen molar-refractivity contribution < 1.29 is 9.13 Å². The Morgan fingerprint density at radius 1 is 1.56 bits per heavy atom. The molecule has 5 nitrogen and oxygen atoms in total. The van der Waals surface area contributed by atoms with E-state index in [1.165, 1.54) is 12.1 Å². The number of hydrogen-bond acceptors (Lipinski definition) is 3. The lowest BCUT2D eigenvalue weighted by molar-refractivity contribution is 0.207. The van der Waals surface area contributed by atoms with Gasteiger partial charge in [-0.3, -0.25) is 5.43 Å².